The molecule has 41 heavy (non-hydrogen) atoms. The molecule has 13 nitrogen and oxygen atoms in total. The number of ether oxygens (including phenoxy) is 1. The van der Waals surface area contributed by atoms with E-state index in [1.54, 1.807) is 0 Å². The minimum Gasteiger partial charge on any atom is -0.376 e. The normalized spacial score (nSPS) is 19.9. The van der Waals surface area contributed by atoms with Crippen LogP contribution in [0.25, 0.3) is 22.8 Å². The maximum atomic E-state index is 13.3. The number of hydrogen-bond donors (Lipinski definition) is 2. The Morgan fingerprint density at radius 3 is 2.29 bits per heavy atom. The molecule has 4 N–H and O–H groups in total. The Morgan fingerprint density at radius 1 is 1.00 bits per heavy atom. The third kappa shape index (κ3) is 4.86. The SMILES string of the molecule is N[C@H]1CS(=O)(=O)c2ccc(-c3noc(C4(N)COC4)n3)cc2N(Cc2ccc(-c3noc(C(F)(F)F)n3)cc2)C1=O. The largest absolute Gasteiger partial charge is 0.471 e. The Kier molecular flexibility index (Phi) is 6.22. The number of alkyl halides is 3. The molecule has 6 rings (SSSR count). The van der Waals surface area contributed by atoms with Crippen LogP contribution in [-0.4, -0.2) is 59.6 Å². The molecule has 4 aromatic rings. The van der Waals surface area contributed by atoms with Gasteiger partial charge < -0.3 is 30.2 Å². The zero-order chi connectivity index (χ0) is 29.2. The fraction of sp³-hybridized carbons (Fsp3) is 0.292. The molecule has 0 saturated carbocycles. The maximum Gasteiger partial charge on any atom is 0.471 e. The van der Waals surface area contributed by atoms with Gasteiger partial charge in [-0.2, -0.15) is 23.1 Å². The van der Waals surface area contributed by atoms with Gasteiger partial charge in [-0.25, -0.2) is 8.42 Å². The summed E-state index contributed by atoms with van der Waals surface area (Å²) in [5, 5.41) is 7.31. The van der Waals surface area contributed by atoms with Gasteiger partial charge in [-0.15, -0.1) is 0 Å². The molecular weight excluding hydrogens is 571 g/mol. The number of fused-ring (bicyclic) bond motifs is 1. The number of amides is 1. The third-order valence-electron chi connectivity index (χ3n) is 6.62. The number of sulfone groups is 1. The van der Waals surface area contributed by atoms with E-state index in [4.69, 9.17) is 20.7 Å². The van der Waals surface area contributed by atoms with Gasteiger partial charge in [0.15, 0.2) is 9.84 Å². The lowest BCUT2D eigenvalue weighted by molar-refractivity contribution is -0.159. The molecule has 2 aliphatic heterocycles. The van der Waals surface area contributed by atoms with Crippen molar-refractivity contribution in [2.75, 3.05) is 23.9 Å². The Morgan fingerprint density at radius 2 is 1.66 bits per heavy atom. The molecule has 2 aromatic heterocycles. The lowest BCUT2D eigenvalue weighted by Crippen LogP contribution is -2.54. The van der Waals surface area contributed by atoms with E-state index < -0.39 is 45.1 Å². The van der Waals surface area contributed by atoms with Gasteiger partial charge >= 0.3 is 12.1 Å². The summed E-state index contributed by atoms with van der Waals surface area (Å²) < 4.78 is 79.4. The molecular formula is C24H20F3N7O6S. The Labute approximate surface area is 229 Å². The second-order valence-corrected chi connectivity index (χ2v) is 11.7. The van der Waals surface area contributed by atoms with Crippen LogP contribution in [0.5, 0.6) is 0 Å². The molecule has 4 heterocycles. The first-order valence-electron chi connectivity index (χ1n) is 12.0. The minimum atomic E-state index is -4.79. The zero-order valence-corrected chi connectivity index (χ0v) is 21.6. The molecule has 2 aliphatic rings. The van der Waals surface area contributed by atoms with Crippen LogP contribution in [0, 0.1) is 0 Å². The molecule has 1 amide bonds. The highest BCUT2D eigenvalue weighted by atomic mass is 32.2. The predicted octanol–water partition coefficient (Wildman–Crippen LogP) is 1.64. The van der Waals surface area contributed by atoms with Gasteiger partial charge in [-0.1, -0.05) is 34.6 Å². The van der Waals surface area contributed by atoms with Crippen LogP contribution < -0.4 is 16.4 Å². The second-order valence-electron chi connectivity index (χ2n) is 9.68. The fourth-order valence-electron chi connectivity index (χ4n) is 4.40. The summed E-state index contributed by atoms with van der Waals surface area (Å²) in [5.41, 5.74) is 12.4. The number of aromatic nitrogens is 4. The summed E-state index contributed by atoms with van der Waals surface area (Å²) in [5.74, 6) is -2.73. The second kappa shape index (κ2) is 9.44. The van der Waals surface area contributed by atoms with Gasteiger partial charge in [0.2, 0.25) is 17.6 Å². The lowest BCUT2D eigenvalue weighted by atomic mass is 9.99. The van der Waals surface area contributed by atoms with Crippen molar-refractivity contribution in [3.8, 4) is 22.8 Å². The van der Waals surface area contributed by atoms with Crippen LogP contribution >= 0.6 is 0 Å². The number of carbonyl (C=O) groups excluding carboxylic acids is 1. The Bertz CT molecular complexity index is 1750. The number of halogens is 3. The number of benzene rings is 2. The van der Waals surface area contributed by atoms with Crippen molar-refractivity contribution >= 4 is 21.4 Å². The van der Waals surface area contributed by atoms with E-state index in [0.29, 0.717) is 11.1 Å². The van der Waals surface area contributed by atoms with Crippen molar-refractivity contribution in [1.29, 1.82) is 0 Å². The molecule has 1 saturated heterocycles. The van der Waals surface area contributed by atoms with Gasteiger partial charge in [-0.05, 0) is 23.8 Å². The molecule has 0 bridgehead atoms. The number of anilines is 1. The smallest absolute Gasteiger partial charge is 0.376 e. The van der Waals surface area contributed by atoms with E-state index in [1.807, 2.05) is 0 Å². The minimum absolute atomic E-state index is 0.0540. The van der Waals surface area contributed by atoms with E-state index in [9.17, 15) is 26.4 Å². The van der Waals surface area contributed by atoms with E-state index >= 15 is 0 Å². The summed E-state index contributed by atoms with van der Waals surface area (Å²) in [6.07, 6.45) is -4.79. The number of carbonyl (C=O) groups is 1. The monoisotopic (exact) mass is 591 g/mol. The predicted molar refractivity (Wildman–Crippen MR) is 132 cm³/mol. The fourth-order valence-corrected chi connectivity index (χ4v) is 5.95. The van der Waals surface area contributed by atoms with Crippen LogP contribution in [0.1, 0.15) is 17.3 Å². The zero-order valence-electron chi connectivity index (χ0n) is 20.8. The van der Waals surface area contributed by atoms with E-state index in [1.165, 1.54) is 47.4 Å². The number of nitrogens with two attached hydrogens (primary N) is 2. The van der Waals surface area contributed by atoms with E-state index in [-0.39, 0.29) is 53.4 Å². The summed E-state index contributed by atoms with van der Waals surface area (Å²) >= 11 is 0. The number of nitrogens with zero attached hydrogens (tertiary/aromatic N) is 5. The topological polar surface area (TPSA) is 194 Å². The van der Waals surface area contributed by atoms with Crippen LogP contribution in [0.3, 0.4) is 0 Å². The van der Waals surface area contributed by atoms with E-state index in [0.717, 1.165) is 0 Å². The molecule has 2 aromatic carbocycles. The molecule has 1 atom stereocenters. The molecule has 17 heteroatoms. The summed E-state index contributed by atoms with van der Waals surface area (Å²) in [6, 6.07) is 8.90. The number of hydrogen-bond acceptors (Lipinski definition) is 12. The summed E-state index contributed by atoms with van der Waals surface area (Å²) in [6.45, 7) is 0.290. The van der Waals surface area contributed by atoms with Crippen LogP contribution in [0.15, 0.2) is 56.4 Å². The van der Waals surface area contributed by atoms with Crippen molar-refractivity contribution in [2.45, 2.75) is 29.2 Å². The van der Waals surface area contributed by atoms with Gasteiger partial charge in [0, 0.05) is 11.1 Å². The molecule has 0 spiro atoms. The molecule has 214 valence electrons. The highest BCUT2D eigenvalue weighted by molar-refractivity contribution is 7.91. The molecule has 0 unspecified atom stereocenters. The van der Waals surface area contributed by atoms with Crippen molar-refractivity contribution in [2.24, 2.45) is 11.5 Å². The van der Waals surface area contributed by atoms with Crippen molar-refractivity contribution in [1.82, 2.24) is 20.3 Å². The van der Waals surface area contributed by atoms with Crippen molar-refractivity contribution in [3.63, 3.8) is 0 Å². The third-order valence-corrected chi connectivity index (χ3v) is 8.43. The van der Waals surface area contributed by atoms with Crippen LogP contribution in [-0.2, 0) is 37.6 Å². The Hall–Kier alpha value is -4.19. The van der Waals surface area contributed by atoms with Gasteiger partial charge in [0.1, 0.15) is 5.54 Å². The maximum absolute atomic E-state index is 13.3. The van der Waals surface area contributed by atoms with Gasteiger partial charge in [0.25, 0.3) is 5.89 Å². The van der Waals surface area contributed by atoms with Crippen LogP contribution in [0.4, 0.5) is 18.9 Å². The average molecular weight is 592 g/mol. The van der Waals surface area contributed by atoms with Gasteiger partial charge in [0.05, 0.1) is 42.1 Å². The lowest BCUT2D eigenvalue weighted by Gasteiger charge is -2.33. The average Bonchev–Trinajstić information content (AvgIpc) is 3.59. The van der Waals surface area contributed by atoms with E-state index in [2.05, 4.69) is 24.8 Å². The van der Waals surface area contributed by atoms with Crippen molar-refractivity contribution < 1.29 is 40.2 Å². The molecule has 1 fully saturated rings. The highest BCUT2D eigenvalue weighted by Crippen LogP contribution is 2.36. The van der Waals surface area contributed by atoms with Crippen molar-refractivity contribution in [3.05, 3.63) is 59.8 Å². The standard InChI is InChI=1S/C24H20F3N7O6S/c25-24(26,27)22-31-18(32-40-22)13-3-1-12(2-4-13)8-34-16-7-14(19-30-21(39-33-19)23(29)10-38-11-23)5-6-17(16)41(36,37)9-15(28)20(34)35/h1-7,15H,8-11,28-29H2/t15-/m0/s1. The first-order valence-corrected chi connectivity index (χ1v) is 13.6. The Balaban J connectivity index is 1.34. The van der Waals surface area contributed by atoms with Crippen LogP contribution in [0.2, 0.25) is 0 Å². The first kappa shape index (κ1) is 27.0. The summed E-state index contributed by atoms with van der Waals surface area (Å²) in [4.78, 5) is 22.1. The molecule has 0 aliphatic carbocycles. The highest BCUT2D eigenvalue weighted by Gasteiger charge is 2.42. The van der Waals surface area contributed by atoms with Gasteiger partial charge in [-0.3, -0.25) is 4.79 Å². The quantitative estimate of drug-likeness (QED) is 0.341. The summed E-state index contributed by atoms with van der Waals surface area (Å²) in [7, 11) is -3.96. The number of rotatable bonds is 5. The molecule has 0 radical (unpaired) electrons. The first-order chi connectivity index (χ1) is 19.3.